The number of carbonyl (C=O) groups excluding carboxylic acids is 1. The summed E-state index contributed by atoms with van der Waals surface area (Å²) in [6.45, 7) is 12.8. The maximum absolute atomic E-state index is 12.5. The van der Waals surface area contributed by atoms with Crippen molar-refractivity contribution in [3.8, 4) is 0 Å². The molecule has 1 aromatic rings. The Kier molecular flexibility index (Phi) is 8.65. The zero-order chi connectivity index (χ0) is 20.5. The number of allylic oxidation sites excluding steroid dienone is 1. The molecule has 1 N–H and O–H groups in total. The van der Waals surface area contributed by atoms with Crippen LogP contribution < -0.4 is 5.32 Å². The maximum Gasteiger partial charge on any atom is 0.252 e. The summed E-state index contributed by atoms with van der Waals surface area (Å²) >= 11 is 0. The molecule has 0 aromatic carbocycles. The normalized spacial score (nSPS) is 20.6. The molecule has 1 atom stereocenters. The number of aromatic nitrogens is 1. The van der Waals surface area contributed by atoms with Gasteiger partial charge in [-0.05, 0) is 57.2 Å². The first-order valence-electron chi connectivity index (χ1n) is 11.0. The molecule has 160 valence electrons. The van der Waals surface area contributed by atoms with E-state index in [1.54, 1.807) is 6.20 Å². The monoisotopic (exact) mass is 400 g/mol. The van der Waals surface area contributed by atoms with Gasteiger partial charge >= 0.3 is 0 Å². The highest BCUT2D eigenvalue weighted by atomic mass is 16.5. The van der Waals surface area contributed by atoms with Crippen molar-refractivity contribution in [2.45, 2.75) is 33.1 Å². The lowest BCUT2D eigenvalue weighted by Gasteiger charge is -2.26. The largest absolute Gasteiger partial charge is 0.379 e. The van der Waals surface area contributed by atoms with E-state index in [-0.39, 0.29) is 5.91 Å². The van der Waals surface area contributed by atoms with Crippen LogP contribution >= 0.6 is 0 Å². The minimum atomic E-state index is -0.0256. The molecule has 0 spiro atoms. The van der Waals surface area contributed by atoms with Gasteiger partial charge in [-0.1, -0.05) is 11.6 Å². The average Bonchev–Trinajstić information content (AvgIpc) is 3.16. The number of nitrogens with one attached hydrogen (secondary N) is 1. The number of morpholine rings is 1. The Bertz CT molecular complexity index is 681. The number of ether oxygens (including phenoxy) is 1. The van der Waals surface area contributed by atoms with Crippen LogP contribution in [0.15, 0.2) is 30.1 Å². The zero-order valence-corrected chi connectivity index (χ0v) is 18.0. The topological polar surface area (TPSA) is 57.7 Å². The van der Waals surface area contributed by atoms with E-state index in [9.17, 15) is 4.79 Å². The molecule has 2 aliphatic rings. The second-order valence-electron chi connectivity index (χ2n) is 8.52. The van der Waals surface area contributed by atoms with Crippen LogP contribution in [-0.4, -0.2) is 79.7 Å². The molecule has 3 heterocycles. The number of likely N-dealkylation sites (tertiary alicyclic amines) is 1. The molecule has 0 aliphatic carbocycles. The molecule has 29 heavy (non-hydrogen) atoms. The van der Waals surface area contributed by atoms with Crippen molar-refractivity contribution in [2.24, 2.45) is 5.92 Å². The molecule has 2 saturated heterocycles. The van der Waals surface area contributed by atoms with E-state index in [1.807, 2.05) is 12.3 Å². The summed E-state index contributed by atoms with van der Waals surface area (Å²) < 4.78 is 5.36. The van der Waals surface area contributed by atoms with Gasteiger partial charge in [0, 0.05) is 51.7 Å². The van der Waals surface area contributed by atoms with E-state index in [4.69, 9.17) is 4.74 Å². The van der Waals surface area contributed by atoms with Crippen LogP contribution in [0.1, 0.15) is 42.6 Å². The van der Waals surface area contributed by atoms with Crippen LogP contribution in [0.2, 0.25) is 0 Å². The van der Waals surface area contributed by atoms with E-state index < -0.39 is 0 Å². The summed E-state index contributed by atoms with van der Waals surface area (Å²) in [4.78, 5) is 21.7. The minimum Gasteiger partial charge on any atom is -0.379 e. The Hall–Kier alpha value is -1.76. The molecule has 0 saturated carbocycles. The quantitative estimate of drug-likeness (QED) is 0.645. The van der Waals surface area contributed by atoms with E-state index >= 15 is 0 Å². The molecule has 1 unspecified atom stereocenters. The fraction of sp³-hybridized carbons (Fsp3) is 0.652. The molecule has 0 radical (unpaired) electrons. The molecule has 3 rings (SSSR count). The molecule has 1 amide bonds. The van der Waals surface area contributed by atoms with Gasteiger partial charge in [-0.15, -0.1) is 0 Å². The molecular weight excluding hydrogens is 364 g/mol. The highest BCUT2D eigenvalue weighted by Gasteiger charge is 2.22. The molecular formula is C23H36N4O2. The number of amides is 1. The Balaban J connectivity index is 1.42. The smallest absolute Gasteiger partial charge is 0.252 e. The first kappa shape index (κ1) is 21.9. The standard InChI is InChI=1S/C23H36N4O2/c1-19(2)4-3-7-27-8-5-20(18-27)14-21-15-22(17-24-16-21)23(28)25-6-9-26-10-12-29-13-11-26/h4,15-17,20H,3,5-14,18H2,1-2H3,(H,25,28). The first-order valence-corrected chi connectivity index (χ1v) is 11.0. The lowest BCUT2D eigenvalue weighted by molar-refractivity contribution is 0.0383. The van der Waals surface area contributed by atoms with E-state index in [2.05, 4.69) is 40.0 Å². The average molecular weight is 401 g/mol. The molecule has 0 bridgehead atoms. The van der Waals surface area contributed by atoms with Crippen molar-refractivity contribution in [2.75, 3.05) is 59.0 Å². The summed E-state index contributed by atoms with van der Waals surface area (Å²) in [6.07, 6.45) is 9.27. The summed E-state index contributed by atoms with van der Waals surface area (Å²) in [5, 5.41) is 3.03. The summed E-state index contributed by atoms with van der Waals surface area (Å²) in [5.74, 6) is 0.630. The van der Waals surface area contributed by atoms with Gasteiger partial charge in [0.2, 0.25) is 0 Å². The number of hydrogen-bond acceptors (Lipinski definition) is 5. The zero-order valence-electron chi connectivity index (χ0n) is 18.0. The molecule has 2 fully saturated rings. The van der Waals surface area contributed by atoms with Gasteiger partial charge in [0.05, 0.1) is 18.8 Å². The van der Waals surface area contributed by atoms with Gasteiger partial charge in [0.25, 0.3) is 5.91 Å². The van der Waals surface area contributed by atoms with Crippen molar-refractivity contribution < 1.29 is 9.53 Å². The van der Waals surface area contributed by atoms with Crippen molar-refractivity contribution >= 4 is 5.91 Å². The maximum atomic E-state index is 12.5. The third-order valence-electron chi connectivity index (χ3n) is 5.77. The fourth-order valence-corrected chi connectivity index (χ4v) is 4.13. The van der Waals surface area contributed by atoms with Crippen molar-refractivity contribution in [1.82, 2.24) is 20.1 Å². The van der Waals surface area contributed by atoms with Gasteiger partial charge in [-0.25, -0.2) is 0 Å². The molecule has 2 aliphatic heterocycles. The molecule has 1 aromatic heterocycles. The Morgan fingerprint density at radius 2 is 2.03 bits per heavy atom. The van der Waals surface area contributed by atoms with Crippen LogP contribution in [-0.2, 0) is 11.2 Å². The summed E-state index contributed by atoms with van der Waals surface area (Å²) in [6, 6.07) is 2.02. The lowest BCUT2D eigenvalue weighted by atomic mass is 9.99. The van der Waals surface area contributed by atoms with Gasteiger partial charge in [0.1, 0.15) is 0 Å². The third kappa shape index (κ3) is 7.53. The molecule has 6 heteroatoms. The van der Waals surface area contributed by atoms with Crippen LogP contribution in [0, 0.1) is 5.92 Å². The lowest BCUT2D eigenvalue weighted by Crippen LogP contribution is -2.41. The van der Waals surface area contributed by atoms with Gasteiger partial charge in [-0.3, -0.25) is 14.7 Å². The number of carbonyl (C=O) groups is 1. The predicted molar refractivity (Wildman–Crippen MR) is 116 cm³/mol. The van der Waals surface area contributed by atoms with Gasteiger partial charge < -0.3 is 15.0 Å². The Labute approximate surface area is 175 Å². The highest BCUT2D eigenvalue weighted by Crippen LogP contribution is 2.21. The van der Waals surface area contributed by atoms with Gasteiger partial charge in [-0.2, -0.15) is 0 Å². The van der Waals surface area contributed by atoms with Crippen LogP contribution in [0.4, 0.5) is 0 Å². The van der Waals surface area contributed by atoms with E-state index in [0.717, 1.165) is 58.8 Å². The van der Waals surface area contributed by atoms with Crippen LogP contribution in [0.3, 0.4) is 0 Å². The number of nitrogens with zero attached hydrogens (tertiary/aromatic N) is 3. The molecule has 6 nitrogen and oxygen atoms in total. The summed E-state index contributed by atoms with van der Waals surface area (Å²) in [7, 11) is 0. The van der Waals surface area contributed by atoms with Gasteiger partial charge in [0.15, 0.2) is 0 Å². The third-order valence-corrected chi connectivity index (χ3v) is 5.77. The van der Waals surface area contributed by atoms with Crippen molar-refractivity contribution in [3.63, 3.8) is 0 Å². The highest BCUT2D eigenvalue weighted by molar-refractivity contribution is 5.94. The Morgan fingerprint density at radius 1 is 1.21 bits per heavy atom. The van der Waals surface area contributed by atoms with Crippen LogP contribution in [0.5, 0.6) is 0 Å². The predicted octanol–water partition coefficient (Wildman–Crippen LogP) is 2.36. The fourth-order valence-electron chi connectivity index (χ4n) is 4.13. The number of pyridine rings is 1. The SMILES string of the molecule is CC(C)=CCCN1CCC(Cc2cncc(C(=O)NCCN3CCOCC3)c2)C1. The second kappa shape index (κ2) is 11.4. The van der Waals surface area contributed by atoms with Crippen LogP contribution in [0.25, 0.3) is 0 Å². The summed E-state index contributed by atoms with van der Waals surface area (Å²) in [5.41, 5.74) is 3.23. The van der Waals surface area contributed by atoms with E-state index in [1.165, 1.54) is 24.1 Å². The number of hydrogen-bond donors (Lipinski definition) is 1. The second-order valence-corrected chi connectivity index (χ2v) is 8.52. The Morgan fingerprint density at radius 3 is 2.83 bits per heavy atom. The number of rotatable bonds is 9. The van der Waals surface area contributed by atoms with Crippen molar-refractivity contribution in [1.29, 1.82) is 0 Å². The van der Waals surface area contributed by atoms with Crippen molar-refractivity contribution in [3.05, 3.63) is 41.2 Å². The van der Waals surface area contributed by atoms with E-state index in [0.29, 0.717) is 18.0 Å². The minimum absolute atomic E-state index is 0.0256. The first-order chi connectivity index (χ1) is 14.1.